The van der Waals surface area contributed by atoms with Crippen molar-refractivity contribution in [1.82, 2.24) is 10.2 Å². The molecule has 96 valence electrons. The molecular formula is C11H23ClN2O2. The lowest BCUT2D eigenvalue weighted by Crippen LogP contribution is -2.48. The smallest absolute Gasteiger partial charge is 0.225 e. The third kappa shape index (κ3) is 5.14. The van der Waals surface area contributed by atoms with Crippen LogP contribution in [0.4, 0.5) is 0 Å². The molecule has 1 N–H and O–H groups in total. The first-order chi connectivity index (χ1) is 7.25. The molecule has 1 saturated heterocycles. The van der Waals surface area contributed by atoms with Crippen LogP contribution in [0.2, 0.25) is 0 Å². The van der Waals surface area contributed by atoms with Gasteiger partial charge < -0.3 is 15.0 Å². The minimum atomic E-state index is 0. The maximum Gasteiger partial charge on any atom is 0.225 e. The van der Waals surface area contributed by atoms with Crippen LogP contribution in [0.3, 0.4) is 0 Å². The van der Waals surface area contributed by atoms with E-state index in [2.05, 4.69) is 5.32 Å². The van der Waals surface area contributed by atoms with Gasteiger partial charge in [-0.05, 0) is 12.8 Å². The average molecular weight is 251 g/mol. The van der Waals surface area contributed by atoms with Gasteiger partial charge in [-0.2, -0.15) is 0 Å². The summed E-state index contributed by atoms with van der Waals surface area (Å²) < 4.78 is 4.98. The largest absolute Gasteiger partial charge is 0.385 e. The third-order valence-corrected chi connectivity index (χ3v) is 2.84. The van der Waals surface area contributed by atoms with Crippen LogP contribution in [-0.4, -0.2) is 50.7 Å². The number of nitrogens with zero attached hydrogens (tertiary/aromatic N) is 1. The summed E-state index contributed by atoms with van der Waals surface area (Å²) in [6.07, 6.45) is 1.89. The quantitative estimate of drug-likeness (QED) is 0.738. The maximum absolute atomic E-state index is 11.9. The van der Waals surface area contributed by atoms with Gasteiger partial charge in [-0.15, -0.1) is 12.4 Å². The second-order valence-electron chi connectivity index (χ2n) is 4.11. The molecule has 0 aromatic carbocycles. The summed E-state index contributed by atoms with van der Waals surface area (Å²) in [5.74, 6) is 0.436. The molecule has 4 nitrogen and oxygen atoms in total. The predicted molar refractivity (Wildman–Crippen MR) is 67.0 cm³/mol. The van der Waals surface area contributed by atoms with Crippen molar-refractivity contribution in [2.45, 2.75) is 19.8 Å². The lowest BCUT2D eigenvalue weighted by molar-refractivity contribution is -0.135. The highest BCUT2D eigenvalue weighted by molar-refractivity contribution is 5.85. The number of rotatable bonds is 5. The highest BCUT2D eigenvalue weighted by Crippen LogP contribution is 2.10. The third-order valence-electron chi connectivity index (χ3n) is 2.84. The minimum Gasteiger partial charge on any atom is -0.385 e. The van der Waals surface area contributed by atoms with Gasteiger partial charge in [0.1, 0.15) is 0 Å². The Balaban J connectivity index is 0.00000225. The van der Waals surface area contributed by atoms with Crippen LogP contribution in [0, 0.1) is 5.92 Å². The van der Waals surface area contributed by atoms with E-state index >= 15 is 0 Å². The Labute approximate surface area is 104 Å². The van der Waals surface area contributed by atoms with Crippen LogP contribution in [0.5, 0.6) is 0 Å². The molecule has 0 spiro atoms. The van der Waals surface area contributed by atoms with Crippen LogP contribution in [0.1, 0.15) is 19.8 Å². The van der Waals surface area contributed by atoms with Gasteiger partial charge in [-0.1, -0.05) is 6.92 Å². The van der Waals surface area contributed by atoms with Gasteiger partial charge in [0.15, 0.2) is 0 Å². The molecule has 16 heavy (non-hydrogen) atoms. The molecule has 0 aromatic rings. The molecule has 1 rings (SSSR count). The zero-order chi connectivity index (χ0) is 11.1. The van der Waals surface area contributed by atoms with E-state index in [4.69, 9.17) is 4.74 Å². The molecule has 1 atom stereocenters. The summed E-state index contributed by atoms with van der Waals surface area (Å²) in [4.78, 5) is 13.9. The summed E-state index contributed by atoms with van der Waals surface area (Å²) >= 11 is 0. The van der Waals surface area contributed by atoms with Crippen molar-refractivity contribution in [3.8, 4) is 0 Å². The molecule has 0 saturated carbocycles. The number of halogens is 1. The summed E-state index contributed by atoms with van der Waals surface area (Å²) in [7, 11) is 1.70. The fraction of sp³-hybridized carbons (Fsp3) is 0.909. The normalized spacial score (nSPS) is 17.8. The van der Waals surface area contributed by atoms with Gasteiger partial charge in [-0.25, -0.2) is 0 Å². The fourth-order valence-corrected chi connectivity index (χ4v) is 1.85. The lowest BCUT2D eigenvalue weighted by atomic mass is 10.0. The Kier molecular flexibility index (Phi) is 8.61. The number of carbonyl (C=O) groups is 1. The molecule has 1 amide bonds. The number of nitrogens with one attached hydrogen (secondary N) is 1. The van der Waals surface area contributed by atoms with Gasteiger partial charge in [0, 0.05) is 45.8 Å². The zero-order valence-corrected chi connectivity index (χ0v) is 11.0. The molecule has 1 fully saturated rings. The molecule has 1 aliphatic rings. The summed E-state index contributed by atoms with van der Waals surface area (Å²) in [6, 6.07) is 0. The zero-order valence-electron chi connectivity index (χ0n) is 10.2. The van der Waals surface area contributed by atoms with Gasteiger partial charge in [0.05, 0.1) is 0 Å². The van der Waals surface area contributed by atoms with Crippen molar-refractivity contribution in [2.24, 2.45) is 5.92 Å². The molecule has 1 heterocycles. The molecule has 5 heteroatoms. The number of methoxy groups -OCH3 is 1. The Morgan fingerprint density at radius 2 is 2.06 bits per heavy atom. The number of piperazine rings is 1. The number of amides is 1. The highest BCUT2D eigenvalue weighted by Gasteiger charge is 2.21. The fourth-order valence-electron chi connectivity index (χ4n) is 1.85. The van der Waals surface area contributed by atoms with Crippen molar-refractivity contribution < 1.29 is 9.53 Å². The Hall–Kier alpha value is -0.320. The molecular weight excluding hydrogens is 228 g/mol. The first kappa shape index (κ1) is 15.7. The van der Waals surface area contributed by atoms with E-state index in [0.29, 0.717) is 5.91 Å². The van der Waals surface area contributed by atoms with E-state index in [0.717, 1.165) is 45.6 Å². The maximum atomic E-state index is 11.9. The van der Waals surface area contributed by atoms with Crippen LogP contribution < -0.4 is 5.32 Å². The minimum absolute atomic E-state index is 0. The molecule has 1 aliphatic heterocycles. The molecule has 0 radical (unpaired) electrons. The molecule has 1 unspecified atom stereocenters. The predicted octanol–water partition coefficient (Wildman–Crippen LogP) is 0.903. The van der Waals surface area contributed by atoms with Crippen LogP contribution in [0.25, 0.3) is 0 Å². The van der Waals surface area contributed by atoms with Crippen molar-refractivity contribution in [3.05, 3.63) is 0 Å². The van der Waals surface area contributed by atoms with Crippen LogP contribution in [-0.2, 0) is 9.53 Å². The monoisotopic (exact) mass is 250 g/mol. The van der Waals surface area contributed by atoms with Gasteiger partial charge in [0.2, 0.25) is 5.91 Å². The first-order valence-corrected chi connectivity index (χ1v) is 5.74. The van der Waals surface area contributed by atoms with Gasteiger partial charge >= 0.3 is 0 Å². The second kappa shape index (κ2) is 8.79. The van der Waals surface area contributed by atoms with Crippen molar-refractivity contribution in [1.29, 1.82) is 0 Å². The van der Waals surface area contributed by atoms with Crippen LogP contribution in [0.15, 0.2) is 0 Å². The first-order valence-electron chi connectivity index (χ1n) is 5.74. The highest BCUT2D eigenvalue weighted by atomic mass is 35.5. The SMILES string of the molecule is COCCCC(C)C(=O)N1CCNCC1.Cl. The van der Waals surface area contributed by atoms with Crippen LogP contribution >= 0.6 is 12.4 Å². The number of hydrogen-bond acceptors (Lipinski definition) is 3. The molecule has 0 aliphatic carbocycles. The molecule has 0 aromatic heterocycles. The Morgan fingerprint density at radius 1 is 1.44 bits per heavy atom. The second-order valence-corrected chi connectivity index (χ2v) is 4.11. The van der Waals surface area contributed by atoms with Gasteiger partial charge in [-0.3, -0.25) is 4.79 Å². The van der Waals surface area contributed by atoms with Crippen molar-refractivity contribution in [2.75, 3.05) is 39.9 Å². The van der Waals surface area contributed by atoms with Gasteiger partial charge in [0.25, 0.3) is 0 Å². The average Bonchev–Trinajstić information content (AvgIpc) is 2.29. The van der Waals surface area contributed by atoms with E-state index in [1.165, 1.54) is 0 Å². The number of ether oxygens (including phenoxy) is 1. The Morgan fingerprint density at radius 3 is 2.62 bits per heavy atom. The van der Waals surface area contributed by atoms with E-state index in [-0.39, 0.29) is 18.3 Å². The lowest BCUT2D eigenvalue weighted by Gasteiger charge is -2.29. The topological polar surface area (TPSA) is 41.6 Å². The number of hydrogen-bond donors (Lipinski definition) is 1. The van der Waals surface area contributed by atoms with E-state index in [1.807, 2.05) is 11.8 Å². The van der Waals surface area contributed by atoms with E-state index in [9.17, 15) is 4.79 Å². The van der Waals surface area contributed by atoms with E-state index in [1.54, 1.807) is 7.11 Å². The molecule has 0 bridgehead atoms. The Bertz CT molecular complexity index is 196. The summed E-state index contributed by atoms with van der Waals surface area (Å²) in [5, 5.41) is 3.25. The van der Waals surface area contributed by atoms with Crippen molar-refractivity contribution in [3.63, 3.8) is 0 Å². The van der Waals surface area contributed by atoms with E-state index < -0.39 is 0 Å². The standard InChI is InChI=1S/C11H22N2O2.ClH/c1-10(4-3-9-15-2)11(14)13-7-5-12-6-8-13;/h10,12H,3-9H2,1-2H3;1H. The summed E-state index contributed by atoms with van der Waals surface area (Å²) in [6.45, 7) is 6.33. The van der Waals surface area contributed by atoms with Crippen molar-refractivity contribution >= 4 is 18.3 Å². The summed E-state index contributed by atoms with van der Waals surface area (Å²) in [5.41, 5.74) is 0. The number of carbonyl (C=O) groups excluding carboxylic acids is 1.